The van der Waals surface area contributed by atoms with Crippen molar-refractivity contribution < 1.29 is 4.74 Å². The van der Waals surface area contributed by atoms with E-state index in [2.05, 4.69) is 36.5 Å². The lowest BCUT2D eigenvalue weighted by Crippen LogP contribution is -2.11. The van der Waals surface area contributed by atoms with E-state index in [1.807, 2.05) is 30.3 Å². The van der Waals surface area contributed by atoms with Crippen LogP contribution in [0.1, 0.15) is 5.56 Å². The molecule has 0 fully saturated rings. The summed E-state index contributed by atoms with van der Waals surface area (Å²) in [6.45, 7) is 3.55. The number of anilines is 1. The van der Waals surface area contributed by atoms with Crippen LogP contribution in [0.5, 0.6) is 5.75 Å². The van der Waals surface area contributed by atoms with Crippen molar-refractivity contribution in [3.05, 3.63) is 60.2 Å². The maximum atomic E-state index is 5.59. The Labute approximate surface area is 102 Å². The molecule has 2 rings (SSSR count). The standard InChI is InChI=1S/C15H17NO/c1-13-7-9-14(10-8-13)16-11-12-17-15-5-3-2-4-6-15/h2-10,16H,11-12H2,1H3. The number of hydrogen-bond acceptors (Lipinski definition) is 2. The zero-order valence-electron chi connectivity index (χ0n) is 10.0. The third-order valence-corrected chi connectivity index (χ3v) is 2.49. The molecule has 0 heterocycles. The van der Waals surface area contributed by atoms with Crippen LogP contribution in [0.4, 0.5) is 5.69 Å². The molecule has 0 spiro atoms. The van der Waals surface area contributed by atoms with E-state index in [1.54, 1.807) is 0 Å². The van der Waals surface area contributed by atoms with E-state index in [-0.39, 0.29) is 0 Å². The molecule has 1 N–H and O–H groups in total. The second-order valence-corrected chi connectivity index (χ2v) is 3.95. The van der Waals surface area contributed by atoms with E-state index < -0.39 is 0 Å². The first kappa shape index (κ1) is 11.5. The Bertz CT molecular complexity index is 436. The number of hydrogen-bond donors (Lipinski definition) is 1. The SMILES string of the molecule is Cc1ccc(NCCOc2ccccc2)cc1. The Morgan fingerprint density at radius 2 is 1.65 bits per heavy atom. The van der Waals surface area contributed by atoms with Crippen molar-refractivity contribution in [1.29, 1.82) is 0 Å². The summed E-state index contributed by atoms with van der Waals surface area (Å²) in [6.07, 6.45) is 0. The molecule has 0 aliphatic carbocycles. The normalized spacial score (nSPS) is 9.94. The van der Waals surface area contributed by atoms with Gasteiger partial charge in [0.05, 0.1) is 0 Å². The molecule has 0 saturated heterocycles. The van der Waals surface area contributed by atoms with Crippen LogP contribution >= 0.6 is 0 Å². The van der Waals surface area contributed by atoms with Crippen molar-refractivity contribution in [2.24, 2.45) is 0 Å². The molecule has 0 atom stereocenters. The van der Waals surface area contributed by atoms with Crippen molar-refractivity contribution in [2.45, 2.75) is 6.92 Å². The van der Waals surface area contributed by atoms with Gasteiger partial charge in [0.15, 0.2) is 0 Å². The number of benzene rings is 2. The largest absolute Gasteiger partial charge is 0.492 e. The monoisotopic (exact) mass is 227 g/mol. The van der Waals surface area contributed by atoms with Crippen LogP contribution in [0.15, 0.2) is 54.6 Å². The first-order valence-electron chi connectivity index (χ1n) is 5.83. The highest BCUT2D eigenvalue weighted by atomic mass is 16.5. The van der Waals surface area contributed by atoms with Gasteiger partial charge >= 0.3 is 0 Å². The molecule has 2 nitrogen and oxygen atoms in total. The van der Waals surface area contributed by atoms with Gasteiger partial charge in [0.1, 0.15) is 12.4 Å². The number of aryl methyl sites for hydroxylation is 1. The maximum absolute atomic E-state index is 5.59. The molecule has 88 valence electrons. The third-order valence-electron chi connectivity index (χ3n) is 2.49. The molecule has 0 amide bonds. The molecular weight excluding hydrogens is 210 g/mol. The highest BCUT2D eigenvalue weighted by Crippen LogP contribution is 2.09. The van der Waals surface area contributed by atoms with Crippen LogP contribution < -0.4 is 10.1 Å². The van der Waals surface area contributed by atoms with Crippen LogP contribution in [0.2, 0.25) is 0 Å². The van der Waals surface area contributed by atoms with Gasteiger partial charge in [-0.1, -0.05) is 35.9 Å². The second kappa shape index (κ2) is 5.94. The molecular formula is C15H17NO. The van der Waals surface area contributed by atoms with E-state index in [9.17, 15) is 0 Å². The van der Waals surface area contributed by atoms with Crippen LogP contribution in [0, 0.1) is 6.92 Å². The van der Waals surface area contributed by atoms with Gasteiger partial charge in [-0.25, -0.2) is 0 Å². The van der Waals surface area contributed by atoms with Crippen molar-refractivity contribution in [3.63, 3.8) is 0 Å². The molecule has 0 aliphatic heterocycles. The Morgan fingerprint density at radius 1 is 0.941 bits per heavy atom. The van der Waals surface area contributed by atoms with Crippen molar-refractivity contribution >= 4 is 5.69 Å². The molecule has 0 unspecified atom stereocenters. The summed E-state index contributed by atoms with van der Waals surface area (Å²) in [7, 11) is 0. The Balaban J connectivity index is 1.71. The first-order valence-corrected chi connectivity index (χ1v) is 5.83. The fourth-order valence-electron chi connectivity index (χ4n) is 1.55. The van der Waals surface area contributed by atoms with Gasteiger partial charge in [-0.15, -0.1) is 0 Å². The summed E-state index contributed by atoms with van der Waals surface area (Å²) >= 11 is 0. The van der Waals surface area contributed by atoms with E-state index >= 15 is 0 Å². The fourth-order valence-corrected chi connectivity index (χ4v) is 1.55. The molecule has 0 radical (unpaired) electrons. The van der Waals surface area contributed by atoms with Crippen LogP contribution in [0.25, 0.3) is 0 Å². The first-order chi connectivity index (χ1) is 8.34. The minimum atomic E-state index is 0.665. The molecule has 2 aromatic rings. The third kappa shape index (κ3) is 3.83. The van der Waals surface area contributed by atoms with Crippen LogP contribution in [0.3, 0.4) is 0 Å². The van der Waals surface area contributed by atoms with Gasteiger partial charge in [0, 0.05) is 12.2 Å². The zero-order chi connectivity index (χ0) is 11.9. The van der Waals surface area contributed by atoms with Crippen molar-refractivity contribution in [2.75, 3.05) is 18.5 Å². The Hall–Kier alpha value is -1.96. The van der Waals surface area contributed by atoms with E-state index in [1.165, 1.54) is 5.56 Å². The lowest BCUT2D eigenvalue weighted by atomic mass is 10.2. The minimum absolute atomic E-state index is 0.665. The van der Waals surface area contributed by atoms with Gasteiger partial charge in [-0.3, -0.25) is 0 Å². The average Bonchev–Trinajstić information content (AvgIpc) is 2.38. The molecule has 2 aromatic carbocycles. The number of para-hydroxylation sites is 1. The summed E-state index contributed by atoms with van der Waals surface area (Å²) in [5.41, 5.74) is 2.41. The summed E-state index contributed by atoms with van der Waals surface area (Å²) < 4.78 is 5.59. The van der Waals surface area contributed by atoms with Gasteiger partial charge in [0.25, 0.3) is 0 Å². The lowest BCUT2D eigenvalue weighted by molar-refractivity contribution is 0.333. The molecule has 0 aromatic heterocycles. The van der Waals surface area contributed by atoms with Crippen LogP contribution in [-0.4, -0.2) is 13.2 Å². The second-order valence-electron chi connectivity index (χ2n) is 3.95. The zero-order valence-corrected chi connectivity index (χ0v) is 10.0. The molecule has 0 aliphatic rings. The number of ether oxygens (including phenoxy) is 1. The number of nitrogens with one attached hydrogen (secondary N) is 1. The highest BCUT2D eigenvalue weighted by Gasteiger charge is 1.93. The van der Waals surface area contributed by atoms with Crippen molar-refractivity contribution in [3.8, 4) is 5.75 Å². The molecule has 0 saturated carbocycles. The summed E-state index contributed by atoms with van der Waals surface area (Å²) in [5, 5.41) is 3.32. The number of rotatable bonds is 5. The minimum Gasteiger partial charge on any atom is -0.492 e. The summed E-state index contributed by atoms with van der Waals surface area (Å²) in [6, 6.07) is 18.2. The predicted molar refractivity (Wildman–Crippen MR) is 71.6 cm³/mol. The van der Waals surface area contributed by atoms with Gasteiger partial charge in [0.2, 0.25) is 0 Å². The smallest absolute Gasteiger partial charge is 0.119 e. The maximum Gasteiger partial charge on any atom is 0.119 e. The lowest BCUT2D eigenvalue weighted by Gasteiger charge is -2.08. The Kier molecular flexibility index (Phi) is 4.03. The Morgan fingerprint density at radius 3 is 2.35 bits per heavy atom. The van der Waals surface area contributed by atoms with Crippen LogP contribution in [-0.2, 0) is 0 Å². The quantitative estimate of drug-likeness (QED) is 0.789. The molecule has 0 bridgehead atoms. The van der Waals surface area contributed by atoms with E-state index in [4.69, 9.17) is 4.74 Å². The summed E-state index contributed by atoms with van der Waals surface area (Å²) in [4.78, 5) is 0. The van der Waals surface area contributed by atoms with Gasteiger partial charge in [-0.05, 0) is 31.2 Å². The van der Waals surface area contributed by atoms with Gasteiger partial charge < -0.3 is 10.1 Å². The predicted octanol–water partition coefficient (Wildman–Crippen LogP) is 3.49. The topological polar surface area (TPSA) is 21.3 Å². The van der Waals surface area contributed by atoms with Crippen molar-refractivity contribution in [1.82, 2.24) is 0 Å². The fraction of sp³-hybridized carbons (Fsp3) is 0.200. The molecule has 2 heteroatoms. The highest BCUT2D eigenvalue weighted by molar-refractivity contribution is 5.44. The molecule has 17 heavy (non-hydrogen) atoms. The summed E-state index contributed by atoms with van der Waals surface area (Å²) in [5.74, 6) is 0.915. The van der Waals surface area contributed by atoms with E-state index in [0.29, 0.717) is 6.61 Å². The average molecular weight is 227 g/mol. The van der Waals surface area contributed by atoms with E-state index in [0.717, 1.165) is 18.0 Å². The van der Waals surface area contributed by atoms with Gasteiger partial charge in [-0.2, -0.15) is 0 Å².